The second-order valence-corrected chi connectivity index (χ2v) is 7.01. The summed E-state index contributed by atoms with van der Waals surface area (Å²) in [6.07, 6.45) is 1.63. The van der Waals surface area contributed by atoms with E-state index in [2.05, 4.69) is 15.9 Å². The molecule has 0 aromatic heterocycles. The first-order valence-corrected chi connectivity index (χ1v) is 8.73. The highest BCUT2D eigenvalue weighted by Gasteiger charge is 2.26. The number of benzene rings is 1. The molecule has 1 saturated heterocycles. The number of amides is 1. The number of halogens is 1. The summed E-state index contributed by atoms with van der Waals surface area (Å²) in [5.41, 5.74) is 0. The van der Waals surface area contributed by atoms with Crippen molar-refractivity contribution in [2.24, 2.45) is 5.92 Å². The van der Waals surface area contributed by atoms with Gasteiger partial charge in [-0.25, -0.2) is 0 Å². The summed E-state index contributed by atoms with van der Waals surface area (Å²) in [6.45, 7) is 1.13. The average molecular weight is 372 g/mol. The molecule has 1 aliphatic rings. The van der Waals surface area contributed by atoms with Crippen LogP contribution in [0, 0.1) is 5.92 Å². The first-order valence-electron chi connectivity index (χ1n) is 6.96. The third-order valence-corrected chi connectivity index (χ3v) is 5.64. The Morgan fingerprint density at radius 3 is 2.57 bits per heavy atom. The second-order valence-electron chi connectivity index (χ2n) is 5.02. The zero-order chi connectivity index (χ0) is 15.2. The van der Waals surface area contributed by atoms with Gasteiger partial charge in [0.2, 0.25) is 5.91 Å². The number of hydrogen-bond donors (Lipinski definition) is 1. The van der Waals surface area contributed by atoms with Crippen molar-refractivity contribution in [3.05, 3.63) is 28.7 Å². The normalized spacial score (nSPS) is 16.0. The summed E-state index contributed by atoms with van der Waals surface area (Å²) in [6, 6.07) is 7.95. The fraction of sp³-hybridized carbons (Fsp3) is 0.467. The number of piperidine rings is 1. The number of rotatable bonds is 5. The highest BCUT2D eigenvalue weighted by molar-refractivity contribution is 9.10. The number of hydrogen-bond acceptors (Lipinski definition) is 3. The van der Waals surface area contributed by atoms with E-state index in [-0.39, 0.29) is 11.8 Å². The number of carboxylic acids is 1. The largest absolute Gasteiger partial charge is 0.481 e. The van der Waals surface area contributed by atoms with E-state index in [1.807, 2.05) is 24.3 Å². The quantitative estimate of drug-likeness (QED) is 0.807. The van der Waals surface area contributed by atoms with E-state index >= 15 is 0 Å². The van der Waals surface area contributed by atoms with E-state index < -0.39 is 5.97 Å². The molecular formula is C15H18BrNO3S. The summed E-state index contributed by atoms with van der Waals surface area (Å²) < 4.78 is 1.05. The number of nitrogens with zero attached hydrogens (tertiary/aromatic N) is 1. The lowest BCUT2D eigenvalue weighted by molar-refractivity contribution is -0.145. The highest BCUT2D eigenvalue weighted by atomic mass is 79.9. The molecule has 0 spiro atoms. The zero-order valence-electron chi connectivity index (χ0n) is 11.6. The maximum absolute atomic E-state index is 12.1. The van der Waals surface area contributed by atoms with Crippen LogP contribution in [0.5, 0.6) is 0 Å². The van der Waals surface area contributed by atoms with Gasteiger partial charge in [-0.05, 0) is 40.9 Å². The molecular weight excluding hydrogens is 354 g/mol. The Balaban J connectivity index is 1.73. The molecule has 0 saturated carbocycles. The SMILES string of the molecule is O=C(O)C1CCN(C(=O)CCSc2ccccc2Br)CC1. The van der Waals surface area contributed by atoms with Crippen molar-refractivity contribution in [1.29, 1.82) is 0 Å². The molecule has 114 valence electrons. The third-order valence-electron chi connectivity index (χ3n) is 3.61. The van der Waals surface area contributed by atoms with Crippen LogP contribution in [0.25, 0.3) is 0 Å². The molecule has 0 atom stereocenters. The Hall–Kier alpha value is -1.01. The van der Waals surface area contributed by atoms with Crippen molar-refractivity contribution < 1.29 is 14.7 Å². The van der Waals surface area contributed by atoms with Crippen molar-refractivity contribution in [3.8, 4) is 0 Å². The fourth-order valence-corrected chi connectivity index (χ4v) is 3.85. The van der Waals surface area contributed by atoms with Crippen LogP contribution < -0.4 is 0 Å². The minimum atomic E-state index is -0.744. The Labute approximate surface area is 137 Å². The van der Waals surface area contributed by atoms with Crippen LogP contribution in [0.3, 0.4) is 0 Å². The van der Waals surface area contributed by atoms with Crippen LogP contribution in [0.15, 0.2) is 33.6 Å². The van der Waals surface area contributed by atoms with Crippen molar-refractivity contribution in [1.82, 2.24) is 4.90 Å². The molecule has 6 heteroatoms. The molecule has 1 heterocycles. The van der Waals surface area contributed by atoms with Crippen molar-refractivity contribution in [3.63, 3.8) is 0 Å². The highest BCUT2D eigenvalue weighted by Crippen LogP contribution is 2.27. The molecule has 0 aliphatic carbocycles. The second kappa shape index (κ2) is 7.84. The summed E-state index contributed by atoms with van der Waals surface area (Å²) in [7, 11) is 0. The molecule has 21 heavy (non-hydrogen) atoms. The lowest BCUT2D eigenvalue weighted by Gasteiger charge is -2.30. The summed E-state index contributed by atoms with van der Waals surface area (Å²) in [5.74, 6) is -0.172. The predicted octanol–water partition coefficient (Wildman–Crippen LogP) is 3.25. The summed E-state index contributed by atoms with van der Waals surface area (Å²) in [5, 5.41) is 8.95. The van der Waals surface area contributed by atoms with Gasteiger partial charge in [0.15, 0.2) is 0 Å². The first kappa shape index (κ1) is 16.4. The van der Waals surface area contributed by atoms with Gasteiger partial charge in [-0.15, -0.1) is 11.8 Å². The molecule has 0 unspecified atom stereocenters. The number of aliphatic carboxylic acids is 1. The lowest BCUT2D eigenvalue weighted by atomic mass is 9.97. The smallest absolute Gasteiger partial charge is 0.306 e. The van der Waals surface area contributed by atoms with E-state index in [0.29, 0.717) is 32.4 Å². The van der Waals surface area contributed by atoms with Gasteiger partial charge >= 0.3 is 5.97 Å². The van der Waals surface area contributed by atoms with Gasteiger partial charge in [0.1, 0.15) is 0 Å². The van der Waals surface area contributed by atoms with Gasteiger partial charge in [-0.1, -0.05) is 12.1 Å². The molecule has 0 radical (unpaired) electrons. The van der Waals surface area contributed by atoms with Crippen LogP contribution in [0.4, 0.5) is 0 Å². The molecule has 1 N–H and O–H groups in total. The maximum Gasteiger partial charge on any atom is 0.306 e. The summed E-state index contributed by atoms with van der Waals surface area (Å²) in [4.78, 5) is 25.9. The van der Waals surface area contributed by atoms with E-state index in [4.69, 9.17) is 5.11 Å². The summed E-state index contributed by atoms with van der Waals surface area (Å²) >= 11 is 5.14. The van der Waals surface area contributed by atoms with Gasteiger partial charge < -0.3 is 10.0 Å². The number of carbonyl (C=O) groups is 2. The molecule has 1 aromatic carbocycles. The van der Waals surface area contributed by atoms with Crippen LogP contribution in [0.2, 0.25) is 0 Å². The monoisotopic (exact) mass is 371 g/mol. The Bertz CT molecular complexity index is 515. The van der Waals surface area contributed by atoms with E-state index in [9.17, 15) is 9.59 Å². The van der Waals surface area contributed by atoms with Gasteiger partial charge in [0.25, 0.3) is 0 Å². The molecule has 4 nitrogen and oxygen atoms in total. The molecule has 1 aromatic rings. The topological polar surface area (TPSA) is 57.6 Å². The van der Waals surface area contributed by atoms with Gasteiger partial charge in [-0.3, -0.25) is 9.59 Å². The van der Waals surface area contributed by atoms with Crippen molar-refractivity contribution in [2.75, 3.05) is 18.8 Å². The van der Waals surface area contributed by atoms with Crippen LogP contribution >= 0.6 is 27.7 Å². The minimum absolute atomic E-state index is 0.124. The molecule has 2 rings (SSSR count). The van der Waals surface area contributed by atoms with Gasteiger partial charge in [-0.2, -0.15) is 0 Å². The maximum atomic E-state index is 12.1. The average Bonchev–Trinajstić information content (AvgIpc) is 2.49. The van der Waals surface area contributed by atoms with Crippen molar-refractivity contribution >= 4 is 39.6 Å². The van der Waals surface area contributed by atoms with Gasteiger partial charge in [0.05, 0.1) is 5.92 Å². The molecule has 1 amide bonds. The molecule has 1 fully saturated rings. The zero-order valence-corrected chi connectivity index (χ0v) is 14.0. The number of carboxylic acid groups (broad SMARTS) is 1. The molecule has 0 bridgehead atoms. The first-order chi connectivity index (χ1) is 10.1. The molecule has 1 aliphatic heterocycles. The lowest BCUT2D eigenvalue weighted by Crippen LogP contribution is -2.40. The fourth-order valence-electron chi connectivity index (χ4n) is 2.34. The number of thioether (sulfide) groups is 1. The standard InChI is InChI=1S/C15H18BrNO3S/c16-12-3-1-2-4-13(12)21-10-7-14(18)17-8-5-11(6-9-17)15(19)20/h1-4,11H,5-10H2,(H,19,20). The van der Waals surface area contributed by atoms with Crippen LogP contribution in [-0.2, 0) is 9.59 Å². The predicted molar refractivity (Wildman–Crippen MR) is 86.4 cm³/mol. The Morgan fingerprint density at radius 1 is 1.29 bits per heavy atom. The Morgan fingerprint density at radius 2 is 1.95 bits per heavy atom. The third kappa shape index (κ3) is 4.74. The van der Waals surface area contributed by atoms with E-state index in [1.165, 1.54) is 0 Å². The van der Waals surface area contributed by atoms with Crippen molar-refractivity contribution in [2.45, 2.75) is 24.2 Å². The van der Waals surface area contributed by atoms with Crippen LogP contribution in [0.1, 0.15) is 19.3 Å². The van der Waals surface area contributed by atoms with Gasteiger partial charge in [0, 0.05) is 34.6 Å². The Kier molecular flexibility index (Phi) is 6.11. The number of likely N-dealkylation sites (tertiary alicyclic amines) is 1. The minimum Gasteiger partial charge on any atom is -0.481 e. The number of carbonyl (C=O) groups excluding carboxylic acids is 1. The van der Waals surface area contributed by atoms with E-state index in [0.717, 1.165) is 15.1 Å². The van der Waals surface area contributed by atoms with Crippen LogP contribution in [-0.4, -0.2) is 40.7 Å². The van der Waals surface area contributed by atoms with E-state index in [1.54, 1.807) is 16.7 Å².